The van der Waals surface area contributed by atoms with Gasteiger partial charge in [0.15, 0.2) is 0 Å². The second-order valence-corrected chi connectivity index (χ2v) is 5.75. The maximum atomic E-state index is 12.7. The first kappa shape index (κ1) is 17.9. The van der Waals surface area contributed by atoms with Gasteiger partial charge >= 0.3 is 6.09 Å². The van der Waals surface area contributed by atoms with Gasteiger partial charge < -0.3 is 15.4 Å². The molecule has 0 aliphatic heterocycles. The van der Waals surface area contributed by atoms with Crippen LogP contribution in [-0.4, -0.2) is 35.7 Å². The van der Waals surface area contributed by atoms with Crippen LogP contribution in [0.4, 0.5) is 9.18 Å². The third-order valence-electron chi connectivity index (χ3n) is 2.51. The summed E-state index contributed by atoms with van der Waals surface area (Å²) in [4.78, 5) is 26.8. The summed E-state index contributed by atoms with van der Waals surface area (Å²) in [5.74, 6) is -0.570. The molecule has 122 valence electrons. The summed E-state index contributed by atoms with van der Waals surface area (Å²) >= 11 is 0. The zero-order chi connectivity index (χ0) is 16.6. The molecule has 2 amide bonds. The van der Waals surface area contributed by atoms with Crippen LogP contribution in [0.1, 0.15) is 32.9 Å². The predicted molar refractivity (Wildman–Crippen MR) is 79.8 cm³/mol. The van der Waals surface area contributed by atoms with Gasteiger partial charge in [-0.2, -0.15) is 0 Å². The number of hydrogen-bond donors (Lipinski definition) is 2. The Hall–Kier alpha value is -2.18. The van der Waals surface area contributed by atoms with E-state index in [-0.39, 0.29) is 24.7 Å². The molecule has 0 aromatic carbocycles. The quantitative estimate of drug-likeness (QED) is 0.839. The SMILES string of the molecule is CC(C)(C)OC(=O)NCCC(=O)NCCc1ccc(F)cn1. The van der Waals surface area contributed by atoms with Gasteiger partial charge in [-0.15, -0.1) is 0 Å². The number of nitrogens with zero attached hydrogens (tertiary/aromatic N) is 1. The monoisotopic (exact) mass is 311 g/mol. The van der Waals surface area contributed by atoms with Crippen molar-refractivity contribution in [2.45, 2.75) is 39.2 Å². The lowest BCUT2D eigenvalue weighted by molar-refractivity contribution is -0.120. The Balaban J connectivity index is 2.13. The average Bonchev–Trinajstić information content (AvgIpc) is 2.39. The van der Waals surface area contributed by atoms with Crippen molar-refractivity contribution in [3.63, 3.8) is 0 Å². The highest BCUT2D eigenvalue weighted by atomic mass is 19.1. The predicted octanol–water partition coefficient (Wildman–Crippen LogP) is 1.79. The largest absolute Gasteiger partial charge is 0.444 e. The number of ether oxygens (including phenoxy) is 1. The number of carbonyl (C=O) groups excluding carboxylic acids is 2. The Labute approximate surface area is 129 Å². The lowest BCUT2D eigenvalue weighted by atomic mass is 10.2. The van der Waals surface area contributed by atoms with Crippen LogP contribution in [0.15, 0.2) is 18.3 Å². The molecular weight excluding hydrogens is 289 g/mol. The van der Waals surface area contributed by atoms with Crippen molar-refractivity contribution in [3.8, 4) is 0 Å². The van der Waals surface area contributed by atoms with Gasteiger partial charge in [0.2, 0.25) is 5.91 Å². The average molecular weight is 311 g/mol. The van der Waals surface area contributed by atoms with E-state index in [0.717, 1.165) is 6.20 Å². The van der Waals surface area contributed by atoms with Gasteiger partial charge in [-0.25, -0.2) is 9.18 Å². The molecule has 0 aliphatic rings. The fourth-order valence-electron chi connectivity index (χ4n) is 1.56. The van der Waals surface area contributed by atoms with Crippen LogP contribution in [0.5, 0.6) is 0 Å². The Bertz CT molecular complexity index is 498. The minimum Gasteiger partial charge on any atom is -0.444 e. The highest BCUT2D eigenvalue weighted by molar-refractivity contribution is 5.77. The van der Waals surface area contributed by atoms with Crippen LogP contribution in [0, 0.1) is 5.82 Å². The first-order valence-electron chi connectivity index (χ1n) is 7.10. The minimum atomic E-state index is -0.561. The number of rotatable bonds is 6. The molecule has 0 spiro atoms. The van der Waals surface area contributed by atoms with Crippen molar-refractivity contribution in [3.05, 3.63) is 29.8 Å². The maximum absolute atomic E-state index is 12.7. The highest BCUT2D eigenvalue weighted by Gasteiger charge is 2.15. The fraction of sp³-hybridized carbons (Fsp3) is 0.533. The number of alkyl carbamates (subject to hydrolysis) is 1. The van der Waals surface area contributed by atoms with E-state index in [9.17, 15) is 14.0 Å². The molecule has 0 radical (unpaired) electrons. The van der Waals surface area contributed by atoms with Crippen molar-refractivity contribution >= 4 is 12.0 Å². The number of carbonyl (C=O) groups is 2. The Morgan fingerprint density at radius 1 is 1.23 bits per heavy atom. The molecule has 1 aromatic heterocycles. The van der Waals surface area contributed by atoms with Gasteiger partial charge in [0.05, 0.1) is 6.20 Å². The number of nitrogens with one attached hydrogen (secondary N) is 2. The van der Waals surface area contributed by atoms with Gasteiger partial charge in [-0.05, 0) is 32.9 Å². The van der Waals surface area contributed by atoms with E-state index in [0.29, 0.717) is 18.7 Å². The summed E-state index contributed by atoms with van der Waals surface area (Å²) < 4.78 is 17.7. The van der Waals surface area contributed by atoms with Gasteiger partial charge in [0.25, 0.3) is 0 Å². The first-order chi connectivity index (χ1) is 10.3. The topological polar surface area (TPSA) is 80.3 Å². The molecule has 7 heteroatoms. The highest BCUT2D eigenvalue weighted by Crippen LogP contribution is 2.06. The second-order valence-electron chi connectivity index (χ2n) is 5.75. The number of aromatic nitrogens is 1. The van der Waals surface area contributed by atoms with Crippen LogP contribution in [0.3, 0.4) is 0 Å². The van der Waals surface area contributed by atoms with E-state index in [1.54, 1.807) is 26.8 Å². The molecule has 6 nitrogen and oxygen atoms in total. The van der Waals surface area contributed by atoms with Gasteiger partial charge in [-0.3, -0.25) is 9.78 Å². The maximum Gasteiger partial charge on any atom is 0.407 e. The summed E-state index contributed by atoms with van der Waals surface area (Å²) in [7, 11) is 0. The number of halogens is 1. The van der Waals surface area contributed by atoms with Gasteiger partial charge in [-0.1, -0.05) is 0 Å². The van der Waals surface area contributed by atoms with Crippen LogP contribution in [0.2, 0.25) is 0 Å². The molecule has 0 atom stereocenters. The lowest BCUT2D eigenvalue weighted by Crippen LogP contribution is -2.35. The molecule has 0 unspecified atom stereocenters. The summed E-state index contributed by atoms with van der Waals surface area (Å²) in [6.07, 6.45) is 1.28. The summed E-state index contributed by atoms with van der Waals surface area (Å²) in [5, 5.41) is 5.21. The molecule has 0 saturated heterocycles. The van der Waals surface area contributed by atoms with Crippen LogP contribution in [0.25, 0.3) is 0 Å². The molecule has 2 N–H and O–H groups in total. The molecule has 1 aromatic rings. The summed E-state index contributed by atoms with van der Waals surface area (Å²) in [6, 6.07) is 2.90. The van der Waals surface area contributed by atoms with Crippen molar-refractivity contribution in [1.82, 2.24) is 15.6 Å². The Morgan fingerprint density at radius 3 is 2.55 bits per heavy atom. The molecule has 0 aliphatic carbocycles. The van der Waals surface area contributed by atoms with Crippen LogP contribution in [-0.2, 0) is 16.0 Å². The van der Waals surface area contributed by atoms with Crippen molar-refractivity contribution in [2.75, 3.05) is 13.1 Å². The molecule has 0 fully saturated rings. The van der Waals surface area contributed by atoms with Crippen LogP contribution >= 0.6 is 0 Å². The van der Waals surface area contributed by atoms with Crippen molar-refractivity contribution < 1.29 is 18.7 Å². The third kappa shape index (κ3) is 8.18. The number of hydrogen-bond acceptors (Lipinski definition) is 4. The molecule has 0 saturated carbocycles. The molecule has 1 rings (SSSR count). The van der Waals surface area contributed by atoms with E-state index < -0.39 is 11.7 Å². The fourth-order valence-corrected chi connectivity index (χ4v) is 1.56. The van der Waals surface area contributed by atoms with Crippen LogP contribution < -0.4 is 10.6 Å². The van der Waals surface area contributed by atoms with E-state index in [4.69, 9.17) is 4.74 Å². The lowest BCUT2D eigenvalue weighted by Gasteiger charge is -2.19. The van der Waals surface area contributed by atoms with Gasteiger partial charge in [0.1, 0.15) is 11.4 Å². The van der Waals surface area contributed by atoms with E-state index >= 15 is 0 Å². The van der Waals surface area contributed by atoms with Crippen molar-refractivity contribution in [1.29, 1.82) is 0 Å². The van der Waals surface area contributed by atoms with E-state index in [2.05, 4.69) is 15.6 Å². The Morgan fingerprint density at radius 2 is 1.95 bits per heavy atom. The smallest absolute Gasteiger partial charge is 0.407 e. The van der Waals surface area contributed by atoms with Crippen molar-refractivity contribution in [2.24, 2.45) is 0 Å². The summed E-state index contributed by atoms with van der Waals surface area (Å²) in [6.45, 7) is 5.91. The van der Waals surface area contributed by atoms with E-state index in [1.807, 2.05) is 0 Å². The zero-order valence-electron chi connectivity index (χ0n) is 13.1. The zero-order valence-corrected chi connectivity index (χ0v) is 13.1. The molecule has 1 heterocycles. The molecule has 22 heavy (non-hydrogen) atoms. The van der Waals surface area contributed by atoms with E-state index in [1.165, 1.54) is 6.07 Å². The standard InChI is InChI=1S/C15H22FN3O3/c1-15(2,3)22-14(21)18-9-7-13(20)17-8-6-12-5-4-11(16)10-19-12/h4-5,10H,6-9H2,1-3H3,(H,17,20)(H,18,21). The third-order valence-corrected chi connectivity index (χ3v) is 2.51. The molecular formula is C15H22FN3O3. The normalized spacial score (nSPS) is 10.9. The number of pyridine rings is 1. The summed E-state index contributed by atoms with van der Waals surface area (Å²) in [5.41, 5.74) is 0.141. The first-order valence-corrected chi connectivity index (χ1v) is 7.10. The minimum absolute atomic E-state index is 0.163. The number of amides is 2. The Kier molecular flexibility index (Phi) is 6.75. The molecule has 0 bridgehead atoms. The second kappa shape index (κ2) is 8.31. The van der Waals surface area contributed by atoms with Gasteiger partial charge in [0, 0.05) is 31.6 Å².